The molecule has 162 valence electrons. The van der Waals surface area contributed by atoms with E-state index < -0.39 is 5.97 Å². The number of benzene rings is 2. The molecule has 1 saturated carbocycles. The van der Waals surface area contributed by atoms with E-state index >= 15 is 0 Å². The van der Waals surface area contributed by atoms with Crippen molar-refractivity contribution in [2.24, 2.45) is 17.8 Å². The Kier molecular flexibility index (Phi) is 4.79. The van der Waals surface area contributed by atoms with E-state index in [9.17, 15) is 15.0 Å². The first-order valence-electron chi connectivity index (χ1n) is 10.5. The molecule has 6 nitrogen and oxygen atoms in total. The molecular formula is C24H30O6. The lowest BCUT2D eigenvalue weighted by atomic mass is 9.69. The third-order valence-corrected chi connectivity index (χ3v) is 7.28. The van der Waals surface area contributed by atoms with Gasteiger partial charge in [-0.2, -0.15) is 0 Å². The summed E-state index contributed by atoms with van der Waals surface area (Å²) in [5.74, 6) is 1.14. The predicted octanol–water partition coefficient (Wildman–Crippen LogP) is 4.98. The van der Waals surface area contributed by atoms with E-state index in [1.54, 1.807) is 6.07 Å². The van der Waals surface area contributed by atoms with Crippen molar-refractivity contribution in [3.05, 3.63) is 23.3 Å². The van der Waals surface area contributed by atoms with Gasteiger partial charge in [0.15, 0.2) is 11.5 Å². The summed E-state index contributed by atoms with van der Waals surface area (Å²) < 4.78 is 16.8. The first-order chi connectivity index (χ1) is 14.1. The minimum atomic E-state index is -0.648. The molecule has 2 aromatic rings. The summed E-state index contributed by atoms with van der Waals surface area (Å²) in [5, 5.41) is 23.0. The van der Waals surface area contributed by atoms with Crippen LogP contribution >= 0.6 is 0 Å². The third-order valence-electron chi connectivity index (χ3n) is 7.28. The standard InChI is InChI=1S/C24H30O6/c1-11(2)13-7-8-24(4)20(13)12(3)18-19-14(9-16(25)22(18)30-24)17(28-5)10-15(21(19)26)23(27)29-6/h9-13,20,25-26H,7-8H2,1-6H3. The molecule has 0 amide bonds. The van der Waals surface area contributed by atoms with Crippen molar-refractivity contribution in [3.8, 4) is 23.0 Å². The van der Waals surface area contributed by atoms with Crippen LogP contribution in [0.1, 0.15) is 62.4 Å². The SMILES string of the molecule is COC(=O)c1cc(OC)c2cc(O)c3c(c2c1O)C(C)C1C(C(C)C)CCC1(C)O3. The Bertz CT molecular complexity index is 1030. The smallest absolute Gasteiger partial charge is 0.341 e. The Labute approximate surface area is 176 Å². The van der Waals surface area contributed by atoms with Gasteiger partial charge in [0, 0.05) is 22.3 Å². The van der Waals surface area contributed by atoms with Crippen LogP contribution in [0, 0.1) is 17.8 Å². The molecule has 4 unspecified atom stereocenters. The van der Waals surface area contributed by atoms with Crippen molar-refractivity contribution in [2.75, 3.05) is 14.2 Å². The first-order valence-corrected chi connectivity index (χ1v) is 10.5. The van der Waals surface area contributed by atoms with E-state index in [1.807, 2.05) is 0 Å². The molecule has 1 aliphatic heterocycles. The Balaban J connectivity index is 2.06. The van der Waals surface area contributed by atoms with Gasteiger partial charge in [0.1, 0.15) is 22.7 Å². The Morgan fingerprint density at radius 1 is 1.27 bits per heavy atom. The summed E-state index contributed by atoms with van der Waals surface area (Å²) in [7, 11) is 2.76. The normalized spacial score (nSPS) is 27.5. The summed E-state index contributed by atoms with van der Waals surface area (Å²) in [6.45, 7) is 8.71. The molecule has 0 saturated heterocycles. The van der Waals surface area contributed by atoms with Crippen molar-refractivity contribution in [3.63, 3.8) is 0 Å². The molecule has 6 heteroatoms. The molecule has 1 fully saturated rings. The molecule has 1 heterocycles. The number of rotatable bonds is 3. The molecule has 2 aliphatic rings. The quantitative estimate of drug-likeness (QED) is 0.689. The molecule has 4 atom stereocenters. The molecule has 30 heavy (non-hydrogen) atoms. The number of esters is 1. The predicted molar refractivity (Wildman–Crippen MR) is 114 cm³/mol. The number of aromatic hydroxyl groups is 2. The van der Waals surface area contributed by atoms with E-state index in [-0.39, 0.29) is 34.5 Å². The van der Waals surface area contributed by atoms with Gasteiger partial charge >= 0.3 is 5.97 Å². The van der Waals surface area contributed by atoms with Crippen LogP contribution in [0.15, 0.2) is 12.1 Å². The molecular weight excluding hydrogens is 384 g/mol. The van der Waals surface area contributed by atoms with Crippen molar-refractivity contribution in [2.45, 2.75) is 52.1 Å². The molecule has 0 bridgehead atoms. The third kappa shape index (κ3) is 2.72. The zero-order valence-corrected chi connectivity index (χ0v) is 18.4. The maximum absolute atomic E-state index is 12.3. The number of hydrogen-bond donors (Lipinski definition) is 2. The second-order valence-corrected chi connectivity index (χ2v) is 9.20. The van der Waals surface area contributed by atoms with Gasteiger partial charge in [-0.3, -0.25) is 0 Å². The topological polar surface area (TPSA) is 85.2 Å². The van der Waals surface area contributed by atoms with E-state index in [1.165, 1.54) is 20.3 Å². The van der Waals surface area contributed by atoms with Crippen LogP contribution in [0.4, 0.5) is 0 Å². The highest BCUT2D eigenvalue weighted by molar-refractivity contribution is 6.06. The molecule has 0 spiro atoms. The van der Waals surface area contributed by atoms with Crippen LogP contribution in [0.2, 0.25) is 0 Å². The van der Waals surface area contributed by atoms with Crippen LogP contribution in [-0.2, 0) is 4.74 Å². The van der Waals surface area contributed by atoms with E-state index in [4.69, 9.17) is 14.2 Å². The van der Waals surface area contributed by atoms with Crippen LogP contribution in [-0.4, -0.2) is 36.0 Å². The van der Waals surface area contributed by atoms with Gasteiger partial charge in [-0.25, -0.2) is 4.79 Å². The number of ether oxygens (including phenoxy) is 3. The minimum Gasteiger partial charge on any atom is -0.506 e. The zero-order valence-electron chi connectivity index (χ0n) is 18.4. The number of phenols is 2. The number of carbonyl (C=O) groups is 1. The Hall–Kier alpha value is -2.63. The van der Waals surface area contributed by atoms with Crippen molar-refractivity contribution in [1.82, 2.24) is 0 Å². The fourth-order valence-corrected chi connectivity index (χ4v) is 5.94. The lowest BCUT2D eigenvalue weighted by molar-refractivity contribution is -0.00136. The number of hydrogen-bond acceptors (Lipinski definition) is 6. The molecule has 1 aliphatic carbocycles. The number of carbonyl (C=O) groups excluding carboxylic acids is 1. The summed E-state index contributed by atoms with van der Waals surface area (Å²) in [4.78, 5) is 12.3. The average molecular weight is 414 g/mol. The van der Waals surface area contributed by atoms with Crippen molar-refractivity contribution in [1.29, 1.82) is 0 Å². The highest BCUT2D eigenvalue weighted by atomic mass is 16.5. The zero-order chi connectivity index (χ0) is 22.0. The summed E-state index contributed by atoms with van der Waals surface area (Å²) in [6, 6.07) is 2.99. The molecule has 2 aromatic carbocycles. The Morgan fingerprint density at radius 2 is 1.97 bits per heavy atom. The summed E-state index contributed by atoms with van der Waals surface area (Å²) in [5.41, 5.74) is 0.371. The lowest BCUT2D eigenvalue weighted by Gasteiger charge is -2.45. The maximum Gasteiger partial charge on any atom is 0.341 e. The number of fused-ring (bicyclic) bond motifs is 4. The van der Waals surface area contributed by atoms with Gasteiger partial charge in [-0.1, -0.05) is 20.8 Å². The maximum atomic E-state index is 12.3. The number of phenolic OH excluding ortho intramolecular Hbond substituents is 2. The second kappa shape index (κ2) is 6.96. The van der Waals surface area contributed by atoms with Gasteiger partial charge in [0.2, 0.25) is 0 Å². The van der Waals surface area contributed by atoms with Gasteiger partial charge < -0.3 is 24.4 Å². The van der Waals surface area contributed by atoms with E-state index in [0.717, 1.165) is 18.4 Å². The average Bonchev–Trinajstić information content (AvgIpc) is 3.06. The monoisotopic (exact) mass is 414 g/mol. The first kappa shape index (κ1) is 20.6. The summed E-state index contributed by atoms with van der Waals surface area (Å²) in [6.07, 6.45) is 1.97. The van der Waals surface area contributed by atoms with Gasteiger partial charge in [-0.15, -0.1) is 0 Å². The molecule has 4 rings (SSSR count). The van der Waals surface area contributed by atoms with Crippen LogP contribution in [0.5, 0.6) is 23.0 Å². The van der Waals surface area contributed by atoms with Crippen LogP contribution in [0.3, 0.4) is 0 Å². The van der Waals surface area contributed by atoms with Crippen LogP contribution in [0.25, 0.3) is 10.8 Å². The van der Waals surface area contributed by atoms with Gasteiger partial charge in [0.25, 0.3) is 0 Å². The largest absolute Gasteiger partial charge is 0.506 e. The molecule has 0 radical (unpaired) electrons. The van der Waals surface area contributed by atoms with Crippen molar-refractivity contribution < 1.29 is 29.2 Å². The van der Waals surface area contributed by atoms with Crippen molar-refractivity contribution >= 4 is 16.7 Å². The highest BCUT2D eigenvalue weighted by Crippen LogP contribution is 2.61. The van der Waals surface area contributed by atoms with Crippen LogP contribution < -0.4 is 9.47 Å². The minimum absolute atomic E-state index is 0.00625. The Morgan fingerprint density at radius 3 is 2.57 bits per heavy atom. The fourth-order valence-electron chi connectivity index (χ4n) is 5.94. The number of methoxy groups -OCH3 is 2. The fraction of sp³-hybridized carbons (Fsp3) is 0.542. The highest BCUT2D eigenvalue weighted by Gasteiger charge is 2.54. The van der Waals surface area contributed by atoms with Gasteiger partial charge in [0.05, 0.1) is 14.2 Å². The molecule has 2 N–H and O–H groups in total. The van der Waals surface area contributed by atoms with E-state index in [0.29, 0.717) is 34.1 Å². The van der Waals surface area contributed by atoms with E-state index in [2.05, 4.69) is 27.7 Å². The summed E-state index contributed by atoms with van der Waals surface area (Å²) >= 11 is 0. The lowest BCUT2D eigenvalue weighted by Crippen LogP contribution is -2.45. The second-order valence-electron chi connectivity index (χ2n) is 9.20. The van der Waals surface area contributed by atoms with Gasteiger partial charge in [-0.05, 0) is 49.7 Å². The molecule has 0 aromatic heterocycles.